The molecular weight excluding hydrogens is 403 g/mol. The number of carbonyl (C=O) groups is 2. The number of carbonyl (C=O) groups excluding carboxylic acids is 2. The molecule has 5 nitrogen and oxygen atoms in total. The quantitative estimate of drug-likeness (QED) is 0.461. The number of thiazole rings is 1. The van der Waals surface area contributed by atoms with E-state index < -0.39 is 17.7 Å². The summed E-state index contributed by atoms with van der Waals surface area (Å²) in [7, 11) is 0. The minimum absolute atomic E-state index is 0.125. The number of rotatable bonds is 5. The molecule has 0 bridgehead atoms. The highest BCUT2D eigenvalue weighted by Gasteiger charge is 2.12. The van der Waals surface area contributed by atoms with Crippen molar-refractivity contribution in [2.24, 2.45) is 4.99 Å². The molecule has 1 heterocycles. The van der Waals surface area contributed by atoms with E-state index in [1.807, 2.05) is 0 Å². The lowest BCUT2D eigenvalue weighted by Gasteiger charge is -2.04. The first-order valence-electron chi connectivity index (χ1n) is 8.43. The summed E-state index contributed by atoms with van der Waals surface area (Å²) in [5.74, 6) is -1.40. The van der Waals surface area contributed by atoms with Crippen molar-refractivity contribution in [3.05, 3.63) is 69.7 Å². The summed E-state index contributed by atoms with van der Waals surface area (Å²) < 4.78 is 20.7. The lowest BCUT2D eigenvalue weighted by atomic mass is 10.2. The van der Waals surface area contributed by atoms with Crippen LogP contribution in [0.15, 0.2) is 53.5 Å². The minimum atomic E-state index is -0.524. The molecule has 0 saturated heterocycles. The van der Waals surface area contributed by atoms with E-state index in [0.29, 0.717) is 20.8 Å². The van der Waals surface area contributed by atoms with Crippen LogP contribution < -0.4 is 4.80 Å². The first-order valence-corrected chi connectivity index (χ1v) is 9.63. The Hall–Kier alpha value is -2.77. The Balaban J connectivity index is 1.99. The van der Waals surface area contributed by atoms with Crippen molar-refractivity contribution in [3.63, 3.8) is 0 Å². The van der Waals surface area contributed by atoms with Crippen LogP contribution in [0.25, 0.3) is 16.3 Å². The van der Waals surface area contributed by atoms with Gasteiger partial charge < -0.3 is 9.30 Å². The van der Waals surface area contributed by atoms with Gasteiger partial charge in [-0.3, -0.25) is 9.59 Å². The highest BCUT2D eigenvalue weighted by Crippen LogP contribution is 2.19. The molecule has 3 aromatic rings. The Morgan fingerprint density at radius 1 is 1.29 bits per heavy atom. The number of fused-ring (bicyclic) bond motifs is 1. The van der Waals surface area contributed by atoms with Crippen molar-refractivity contribution in [1.82, 2.24) is 4.57 Å². The van der Waals surface area contributed by atoms with Crippen LogP contribution in [0.3, 0.4) is 0 Å². The molecule has 0 atom stereocenters. The Morgan fingerprint density at radius 2 is 2.07 bits per heavy atom. The predicted octanol–water partition coefficient (Wildman–Crippen LogP) is 4.20. The molecule has 2 aromatic carbocycles. The molecule has 3 rings (SSSR count). The molecule has 28 heavy (non-hydrogen) atoms. The van der Waals surface area contributed by atoms with Gasteiger partial charge in [0, 0.05) is 11.1 Å². The fraction of sp³-hybridized carbons (Fsp3) is 0.150. The van der Waals surface area contributed by atoms with Crippen molar-refractivity contribution >= 4 is 51.1 Å². The number of esters is 1. The molecule has 0 N–H and O–H groups in total. The SMILES string of the molecule is CCOC(=O)Cn1c(=NC(=O)/C=C/c2ccccc2Cl)sc2cc(F)ccc21. The van der Waals surface area contributed by atoms with Crippen molar-refractivity contribution in [2.75, 3.05) is 6.61 Å². The monoisotopic (exact) mass is 418 g/mol. The fourth-order valence-electron chi connectivity index (χ4n) is 2.52. The summed E-state index contributed by atoms with van der Waals surface area (Å²) >= 11 is 7.19. The maximum atomic E-state index is 13.6. The maximum Gasteiger partial charge on any atom is 0.326 e. The van der Waals surface area contributed by atoms with Crippen molar-refractivity contribution in [1.29, 1.82) is 0 Å². The molecule has 1 amide bonds. The van der Waals surface area contributed by atoms with Crippen molar-refractivity contribution < 1.29 is 18.7 Å². The van der Waals surface area contributed by atoms with E-state index in [1.165, 1.54) is 18.2 Å². The highest BCUT2D eigenvalue weighted by atomic mass is 35.5. The number of hydrogen-bond donors (Lipinski definition) is 0. The first-order chi connectivity index (χ1) is 13.5. The van der Waals surface area contributed by atoms with Gasteiger partial charge in [-0.25, -0.2) is 4.39 Å². The number of nitrogens with zero attached hydrogens (tertiary/aromatic N) is 2. The van der Waals surface area contributed by atoms with Gasteiger partial charge in [0.2, 0.25) is 0 Å². The minimum Gasteiger partial charge on any atom is -0.465 e. The smallest absolute Gasteiger partial charge is 0.326 e. The topological polar surface area (TPSA) is 60.7 Å². The van der Waals surface area contributed by atoms with Gasteiger partial charge >= 0.3 is 5.97 Å². The number of halogens is 2. The molecule has 0 aliphatic carbocycles. The van der Waals surface area contributed by atoms with Crippen molar-refractivity contribution in [2.45, 2.75) is 13.5 Å². The number of hydrogen-bond acceptors (Lipinski definition) is 4. The van der Waals surface area contributed by atoms with E-state index in [-0.39, 0.29) is 18.0 Å². The molecule has 8 heteroatoms. The standard InChI is InChI=1S/C20H16ClFN2O3S/c1-2-27-19(26)12-24-16-9-8-14(22)11-17(16)28-20(24)23-18(25)10-7-13-5-3-4-6-15(13)21/h3-11H,2,12H2,1H3/b10-7+,23-20?. The van der Waals surface area contributed by atoms with Crippen LogP contribution in [0.2, 0.25) is 5.02 Å². The van der Waals surface area contributed by atoms with E-state index >= 15 is 0 Å². The lowest BCUT2D eigenvalue weighted by molar-refractivity contribution is -0.143. The largest absolute Gasteiger partial charge is 0.465 e. The molecule has 144 valence electrons. The van der Waals surface area contributed by atoms with Gasteiger partial charge in [0.25, 0.3) is 5.91 Å². The summed E-state index contributed by atoms with van der Waals surface area (Å²) in [6.07, 6.45) is 2.86. The normalized spacial score (nSPS) is 12.0. The van der Waals surface area contributed by atoms with Crippen LogP contribution in [-0.2, 0) is 20.9 Å². The number of ether oxygens (including phenoxy) is 1. The van der Waals surface area contributed by atoms with Crippen LogP contribution in [-0.4, -0.2) is 23.1 Å². The second kappa shape index (κ2) is 8.95. The summed E-state index contributed by atoms with van der Waals surface area (Å²) in [4.78, 5) is 28.6. The van der Waals surface area contributed by atoms with Gasteiger partial charge in [-0.1, -0.05) is 41.1 Å². The molecule has 0 aliphatic rings. The van der Waals surface area contributed by atoms with Crippen molar-refractivity contribution in [3.8, 4) is 0 Å². The molecule has 1 aromatic heterocycles. The predicted molar refractivity (Wildman–Crippen MR) is 107 cm³/mol. The Morgan fingerprint density at radius 3 is 2.82 bits per heavy atom. The molecule has 0 radical (unpaired) electrons. The Kier molecular flexibility index (Phi) is 6.38. The maximum absolute atomic E-state index is 13.6. The zero-order valence-electron chi connectivity index (χ0n) is 14.9. The second-order valence-electron chi connectivity index (χ2n) is 5.69. The van der Waals surface area contributed by atoms with E-state index in [9.17, 15) is 14.0 Å². The van der Waals surface area contributed by atoms with Crippen LogP contribution in [0, 0.1) is 5.82 Å². The summed E-state index contributed by atoms with van der Waals surface area (Å²) in [6.45, 7) is 1.82. The number of aromatic nitrogens is 1. The van der Waals surface area contributed by atoms with Gasteiger partial charge in [0.05, 0.1) is 16.8 Å². The van der Waals surface area contributed by atoms with Gasteiger partial charge in [-0.05, 0) is 42.8 Å². The lowest BCUT2D eigenvalue weighted by Crippen LogP contribution is -2.22. The zero-order valence-corrected chi connectivity index (χ0v) is 16.5. The first kappa shape index (κ1) is 20.0. The fourth-order valence-corrected chi connectivity index (χ4v) is 3.78. The number of benzene rings is 2. The third-order valence-electron chi connectivity index (χ3n) is 3.75. The summed E-state index contributed by atoms with van der Waals surface area (Å²) in [6, 6.07) is 11.3. The summed E-state index contributed by atoms with van der Waals surface area (Å²) in [5, 5.41) is 0.515. The zero-order chi connectivity index (χ0) is 20.1. The number of amides is 1. The highest BCUT2D eigenvalue weighted by molar-refractivity contribution is 7.16. The molecule has 0 fully saturated rings. The molecule has 0 aliphatic heterocycles. The molecule has 0 unspecified atom stereocenters. The molecular formula is C20H16ClFN2O3S. The third-order valence-corrected chi connectivity index (χ3v) is 5.14. The van der Waals surface area contributed by atoms with E-state index in [2.05, 4.69) is 4.99 Å². The van der Waals surface area contributed by atoms with Crippen LogP contribution in [0.1, 0.15) is 12.5 Å². The average molecular weight is 419 g/mol. The molecule has 0 spiro atoms. The van der Waals surface area contributed by atoms with Gasteiger partial charge in [-0.15, -0.1) is 0 Å². The van der Waals surface area contributed by atoms with Crippen LogP contribution >= 0.6 is 22.9 Å². The second-order valence-corrected chi connectivity index (χ2v) is 7.11. The Bertz CT molecular complexity index is 1130. The van der Waals surface area contributed by atoms with Gasteiger partial charge in [0.15, 0.2) is 4.80 Å². The Labute approximate surface area is 169 Å². The van der Waals surface area contributed by atoms with E-state index in [4.69, 9.17) is 16.3 Å². The van der Waals surface area contributed by atoms with Gasteiger partial charge in [0.1, 0.15) is 12.4 Å². The van der Waals surface area contributed by atoms with E-state index in [0.717, 1.165) is 11.3 Å². The average Bonchev–Trinajstić information content (AvgIpc) is 2.97. The molecule has 0 saturated carbocycles. The van der Waals surface area contributed by atoms with E-state index in [1.54, 1.807) is 47.9 Å². The van der Waals surface area contributed by atoms with Crippen LogP contribution in [0.4, 0.5) is 4.39 Å². The third kappa shape index (κ3) is 4.74. The van der Waals surface area contributed by atoms with Crippen LogP contribution in [0.5, 0.6) is 0 Å². The summed E-state index contributed by atoms with van der Waals surface area (Å²) in [5.41, 5.74) is 1.28. The van der Waals surface area contributed by atoms with Gasteiger partial charge in [-0.2, -0.15) is 4.99 Å².